The summed E-state index contributed by atoms with van der Waals surface area (Å²) >= 11 is 0. The number of hydrazone groups is 1. The highest BCUT2D eigenvalue weighted by molar-refractivity contribution is 5.80. The van der Waals surface area contributed by atoms with E-state index in [0.717, 1.165) is 41.4 Å². The summed E-state index contributed by atoms with van der Waals surface area (Å²) in [7, 11) is 0. The molecule has 156 valence electrons. The topological polar surface area (TPSA) is 87.3 Å². The van der Waals surface area contributed by atoms with E-state index in [1.807, 2.05) is 47.0 Å². The first kappa shape index (κ1) is 19.1. The number of fused-ring (bicyclic) bond motifs is 1. The van der Waals surface area contributed by atoms with Crippen LogP contribution in [0, 0.1) is 0 Å². The lowest BCUT2D eigenvalue weighted by Gasteiger charge is -2.29. The van der Waals surface area contributed by atoms with Gasteiger partial charge in [0.05, 0.1) is 25.1 Å². The quantitative estimate of drug-likeness (QED) is 0.385. The first-order valence-corrected chi connectivity index (χ1v) is 10.1. The second kappa shape index (κ2) is 8.45. The van der Waals surface area contributed by atoms with Gasteiger partial charge >= 0.3 is 0 Å². The number of aromatic nitrogens is 3. The summed E-state index contributed by atoms with van der Waals surface area (Å²) in [5.41, 5.74) is 6.55. The number of phenolic OH excluding ortho intramolecular Hbond substituents is 1. The molecule has 0 aliphatic carbocycles. The van der Waals surface area contributed by atoms with Crippen LogP contribution >= 0.6 is 0 Å². The number of nitrogens with one attached hydrogen (secondary N) is 1. The molecule has 2 aromatic heterocycles. The SMILES string of the molecule is Oc1ccc(C=NNc2cc(N3CCOCC3)n3nc(-c4ccccc4)cc3n2)cc1. The van der Waals surface area contributed by atoms with Crippen LogP contribution < -0.4 is 10.3 Å². The number of nitrogens with zero attached hydrogens (tertiary/aromatic N) is 5. The third-order valence-corrected chi connectivity index (χ3v) is 5.10. The number of hydrogen-bond acceptors (Lipinski definition) is 7. The molecule has 0 unspecified atom stereocenters. The van der Waals surface area contributed by atoms with E-state index in [9.17, 15) is 5.11 Å². The van der Waals surface area contributed by atoms with Crippen molar-refractivity contribution in [2.24, 2.45) is 5.10 Å². The number of aromatic hydroxyl groups is 1. The van der Waals surface area contributed by atoms with Gasteiger partial charge in [0, 0.05) is 30.8 Å². The number of phenols is 1. The fraction of sp³-hybridized carbons (Fsp3) is 0.174. The predicted molar refractivity (Wildman–Crippen MR) is 121 cm³/mol. The first-order chi connectivity index (χ1) is 15.3. The Hall–Kier alpha value is -3.91. The summed E-state index contributed by atoms with van der Waals surface area (Å²) in [5.74, 6) is 1.80. The van der Waals surface area contributed by atoms with E-state index in [4.69, 9.17) is 14.8 Å². The molecular formula is C23H22N6O2. The van der Waals surface area contributed by atoms with Crippen molar-refractivity contribution in [1.29, 1.82) is 0 Å². The average Bonchev–Trinajstić information content (AvgIpc) is 3.25. The number of morpholine rings is 1. The maximum atomic E-state index is 9.41. The van der Waals surface area contributed by atoms with Crippen LogP contribution in [0.15, 0.2) is 71.8 Å². The van der Waals surface area contributed by atoms with Crippen molar-refractivity contribution in [3.8, 4) is 17.0 Å². The van der Waals surface area contributed by atoms with Crippen LogP contribution in [0.5, 0.6) is 5.75 Å². The zero-order valence-electron chi connectivity index (χ0n) is 16.8. The van der Waals surface area contributed by atoms with Gasteiger partial charge in [-0.3, -0.25) is 5.43 Å². The van der Waals surface area contributed by atoms with Gasteiger partial charge < -0.3 is 14.7 Å². The fourth-order valence-electron chi connectivity index (χ4n) is 3.52. The van der Waals surface area contributed by atoms with E-state index < -0.39 is 0 Å². The van der Waals surface area contributed by atoms with E-state index in [1.165, 1.54) is 0 Å². The van der Waals surface area contributed by atoms with E-state index >= 15 is 0 Å². The molecular weight excluding hydrogens is 392 g/mol. The van der Waals surface area contributed by atoms with Gasteiger partial charge in [0.15, 0.2) is 11.5 Å². The minimum atomic E-state index is 0.224. The molecule has 1 saturated heterocycles. The van der Waals surface area contributed by atoms with Gasteiger partial charge in [0.25, 0.3) is 0 Å². The molecule has 0 radical (unpaired) electrons. The molecule has 0 bridgehead atoms. The molecule has 31 heavy (non-hydrogen) atoms. The molecule has 4 aromatic rings. The Morgan fingerprint density at radius 3 is 2.55 bits per heavy atom. The van der Waals surface area contributed by atoms with Crippen molar-refractivity contribution in [2.45, 2.75) is 0 Å². The third-order valence-electron chi connectivity index (χ3n) is 5.10. The van der Waals surface area contributed by atoms with Crippen LogP contribution in [-0.2, 0) is 4.74 Å². The zero-order chi connectivity index (χ0) is 21.0. The minimum absolute atomic E-state index is 0.224. The molecule has 8 nitrogen and oxygen atoms in total. The Morgan fingerprint density at radius 2 is 1.77 bits per heavy atom. The lowest BCUT2D eigenvalue weighted by Crippen LogP contribution is -2.37. The number of rotatable bonds is 5. The maximum absolute atomic E-state index is 9.41. The molecule has 2 N–H and O–H groups in total. The fourth-order valence-corrected chi connectivity index (χ4v) is 3.52. The lowest BCUT2D eigenvalue weighted by molar-refractivity contribution is 0.122. The largest absolute Gasteiger partial charge is 0.508 e. The Bertz CT molecular complexity index is 1200. The Labute approximate surface area is 179 Å². The Kier molecular flexibility index (Phi) is 5.20. The Morgan fingerprint density at radius 1 is 1.00 bits per heavy atom. The standard InChI is InChI=1S/C23H22N6O2/c30-19-8-6-17(7-9-19)16-24-26-21-15-23(28-10-12-31-13-11-28)29-22(25-21)14-20(27-29)18-4-2-1-3-5-18/h1-9,14-16,30H,10-13H2,(H,25,26). The number of benzene rings is 2. The second-order valence-corrected chi connectivity index (χ2v) is 7.23. The molecule has 0 spiro atoms. The van der Waals surface area contributed by atoms with Crippen LogP contribution in [0.1, 0.15) is 5.56 Å². The highest BCUT2D eigenvalue weighted by atomic mass is 16.5. The third kappa shape index (κ3) is 4.19. The normalized spacial score (nSPS) is 14.4. The maximum Gasteiger partial charge on any atom is 0.160 e. The summed E-state index contributed by atoms with van der Waals surface area (Å²) in [6, 6.07) is 20.8. The summed E-state index contributed by atoms with van der Waals surface area (Å²) in [6.07, 6.45) is 1.69. The highest BCUT2D eigenvalue weighted by Gasteiger charge is 2.18. The first-order valence-electron chi connectivity index (χ1n) is 10.1. The summed E-state index contributed by atoms with van der Waals surface area (Å²) in [6.45, 7) is 2.93. The van der Waals surface area contributed by atoms with E-state index in [-0.39, 0.29) is 5.75 Å². The van der Waals surface area contributed by atoms with Crippen molar-refractivity contribution in [3.05, 3.63) is 72.3 Å². The van der Waals surface area contributed by atoms with Crippen LogP contribution in [0.3, 0.4) is 0 Å². The minimum Gasteiger partial charge on any atom is -0.508 e. The lowest BCUT2D eigenvalue weighted by atomic mass is 10.2. The van der Waals surface area contributed by atoms with Crippen molar-refractivity contribution >= 4 is 23.5 Å². The van der Waals surface area contributed by atoms with Crippen LogP contribution in [0.4, 0.5) is 11.6 Å². The van der Waals surface area contributed by atoms with Crippen molar-refractivity contribution in [1.82, 2.24) is 14.6 Å². The van der Waals surface area contributed by atoms with Gasteiger partial charge in [-0.2, -0.15) is 14.7 Å². The number of anilines is 2. The van der Waals surface area contributed by atoms with Gasteiger partial charge in [-0.25, -0.2) is 4.98 Å². The van der Waals surface area contributed by atoms with Crippen LogP contribution in [0.25, 0.3) is 16.9 Å². The van der Waals surface area contributed by atoms with Gasteiger partial charge in [-0.15, -0.1) is 0 Å². The van der Waals surface area contributed by atoms with E-state index in [1.54, 1.807) is 30.5 Å². The van der Waals surface area contributed by atoms with Crippen molar-refractivity contribution in [3.63, 3.8) is 0 Å². The van der Waals surface area contributed by atoms with E-state index in [0.29, 0.717) is 19.0 Å². The molecule has 1 aliphatic heterocycles. The molecule has 5 rings (SSSR count). The zero-order valence-corrected chi connectivity index (χ0v) is 16.8. The molecule has 0 saturated carbocycles. The highest BCUT2D eigenvalue weighted by Crippen LogP contribution is 2.25. The van der Waals surface area contributed by atoms with E-state index in [2.05, 4.69) is 15.4 Å². The Balaban J connectivity index is 1.49. The molecule has 2 aromatic carbocycles. The van der Waals surface area contributed by atoms with Gasteiger partial charge in [-0.1, -0.05) is 30.3 Å². The molecule has 3 heterocycles. The van der Waals surface area contributed by atoms with Gasteiger partial charge in [0.2, 0.25) is 0 Å². The summed E-state index contributed by atoms with van der Waals surface area (Å²) in [5, 5.41) is 18.5. The van der Waals surface area contributed by atoms with Crippen molar-refractivity contribution in [2.75, 3.05) is 36.6 Å². The van der Waals surface area contributed by atoms with Gasteiger partial charge in [0.1, 0.15) is 11.6 Å². The molecule has 8 heteroatoms. The number of ether oxygens (including phenoxy) is 1. The monoisotopic (exact) mass is 414 g/mol. The van der Waals surface area contributed by atoms with Gasteiger partial charge in [-0.05, 0) is 29.8 Å². The molecule has 1 aliphatic rings. The van der Waals surface area contributed by atoms with Crippen LogP contribution in [0.2, 0.25) is 0 Å². The summed E-state index contributed by atoms with van der Waals surface area (Å²) < 4.78 is 7.39. The van der Waals surface area contributed by atoms with Crippen LogP contribution in [-0.4, -0.2) is 52.2 Å². The molecule has 0 atom stereocenters. The summed E-state index contributed by atoms with van der Waals surface area (Å²) in [4.78, 5) is 6.94. The second-order valence-electron chi connectivity index (χ2n) is 7.23. The smallest absolute Gasteiger partial charge is 0.160 e. The predicted octanol–water partition coefficient (Wildman–Crippen LogP) is 3.38. The molecule has 0 amide bonds. The van der Waals surface area contributed by atoms with Crippen molar-refractivity contribution < 1.29 is 9.84 Å². The average molecular weight is 414 g/mol. The molecule has 1 fully saturated rings. The number of hydrogen-bond donors (Lipinski definition) is 2.